The van der Waals surface area contributed by atoms with Gasteiger partial charge in [-0.2, -0.15) is 0 Å². The number of hydrogen-bond acceptors (Lipinski definition) is 5. The number of anilines is 1. The van der Waals surface area contributed by atoms with Crippen LogP contribution < -0.4 is 15.0 Å². The summed E-state index contributed by atoms with van der Waals surface area (Å²) in [6.07, 6.45) is 3.11. The van der Waals surface area contributed by atoms with E-state index < -0.39 is 0 Å². The fourth-order valence-corrected chi connectivity index (χ4v) is 5.63. The Bertz CT molecular complexity index is 1100. The number of aryl methyl sites for hydroxylation is 1. The lowest BCUT2D eigenvalue weighted by atomic mass is 9.79. The number of carbonyl (C=O) groups excluding carboxylic acids is 1. The number of methoxy groups -OCH3 is 1. The molecule has 6 heteroatoms. The van der Waals surface area contributed by atoms with Crippen molar-refractivity contribution in [3.05, 3.63) is 58.0 Å². The second-order valence-corrected chi connectivity index (χ2v) is 10.1. The first-order chi connectivity index (χ1) is 15.2. The molecule has 1 atom stereocenters. The molecule has 1 N–H and O–H groups in total. The van der Waals surface area contributed by atoms with Crippen LogP contribution in [0.2, 0.25) is 0 Å². The summed E-state index contributed by atoms with van der Waals surface area (Å²) >= 11 is 1.38. The Labute approximate surface area is 194 Å². The molecule has 1 unspecified atom stereocenters. The van der Waals surface area contributed by atoms with Crippen molar-refractivity contribution in [1.82, 2.24) is 5.32 Å². The summed E-state index contributed by atoms with van der Waals surface area (Å²) < 4.78 is 5.19. The van der Waals surface area contributed by atoms with E-state index in [4.69, 9.17) is 4.74 Å². The highest BCUT2D eigenvalue weighted by Crippen LogP contribution is 2.44. The minimum absolute atomic E-state index is 0.108. The van der Waals surface area contributed by atoms with E-state index in [-0.39, 0.29) is 11.4 Å². The highest BCUT2D eigenvalue weighted by molar-refractivity contribution is 8.18. The van der Waals surface area contributed by atoms with Gasteiger partial charge in [0, 0.05) is 17.8 Å². The number of nitrogens with one attached hydrogen (secondary N) is 1. The standard InChI is InChI=1S/C26H31N3O2S/c1-7-29-22-12-16(2)18(13-21(22)17(3)15-26(29,4)5)14-23-24(30)28-25(32-23)27-19-8-10-20(31-6)11-9-19/h8-14,17H,7,15H2,1-6H3,(H,27,28,30)/b23-14+. The lowest BCUT2D eigenvalue weighted by molar-refractivity contribution is -0.115. The number of thioether (sulfide) groups is 1. The average Bonchev–Trinajstić information content (AvgIpc) is 3.08. The summed E-state index contributed by atoms with van der Waals surface area (Å²) in [5, 5.41) is 3.48. The number of nitrogens with zero attached hydrogens (tertiary/aromatic N) is 2. The first-order valence-electron chi connectivity index (χ1n) is 11.1. The molecule has 0 radical (unpaired) electrons. The number of carbonyl (C=O) groups is 1. The Kier molecular flexibility index (Phi) is 6.08. The fourth-order valence-electron chi connectivity index (χ4n) is 4.80. The van der Waals surface area contributed by atoms with E-state index in [0.29, 0.717) is 16.0 Å². The molecule has 1 fully saturated rings. The highest BCUT2D eigenvalue weighted by Gasteiger charge is 2.35. The van der Waals surface area contributed by atoms with E-state index in [2.05, 4.69) is 62.0 Å². The predicted molar refractivity (Wildman–Crippen MR) is 135 cm³/mol. The van der Waals surface area contributed by atoms with Crippen LogP contribution in [0.15, 0.2) is 46.3 Å². The van der Waals surface area contributed by atoms with Crippen molar-refractivity contribution in [3.8, 4) is 5.75 Å². The molecule has 2 aromatic carbocycles. The third-order valence-electron chi connectivity index (χ3n) is 6.33. The largest absolute Gasteiger partial charge is 0.497 e. The molecule has 0 bridgehead atoms. The first-order valence-corrected chi connectivity index (χ1v) is 11.9. The maximum absolute atomic E-state index is 12.6. The SMILES string of the molecule is CCN1c2cc(C)c(/C=C3/SC(=Nc4ccc(OC)cc4)NC3=O)cc2C(C)CC1(C)C. The van der Waals surface area contributed by atoms with E-state index in [1.807, 2.05) is 30.3 Å². The van der Waals surface area contributed by atoms with Crippen LogP contribution >= 0.6 is 11.8 Å². The topological polar surface area (TPSA) is 53.9 Å². The van der Waals surface area contributed by atoms with Crippen LogP contribution in [-0.4, -0.2) is 30.3 Å². The van der Waals surface area contributed by atoms with Gasteiger partial charge >= 0.3 is 0 Å². The zero-order valence-electron chi connectivity index (χ0n) is 19.7. The molecule has 1 saturated heterocycles. The number of ether oxygens (including phenoxy) is 1. The van der Waals surface area contributed by atoms with Gasteiger partial charge in [0.05, 0.1) is 17.7 Å². The van der Waals surface area contributed by atoms with Gasteiger partial charge in [-0.15, -0.1) is 0 Å². The van der Waals surface area contributed by atoms with E-state index in [1.54, 1.807) is 7.11 Å². The van der Waals surface area contributed by atoms with Gasteiger partial charge < -0.3 is 15.0 Å². The van der Waals surface area contributed by atoms with Crippen molar-refractivity contribution in [1.29, 1.82) is 0 Å². The molecular formula is C26H31N3O2S. The highest BCUT2D eigenvalue weighted by atomic mass is 32.2. The van der Waals surface area contributed by atoms with Crippen molar-refractivity contribution in [2.75, 3.05) is 18.6 Å². The van der Waals surface area contributed by atoms with Crippen molar-refractivity contribution < 1.29 is 9.53 Å². The second-order valence-electron chi connectivity index (χ2n) is 9.11. The number of aliphatic imine (C=N–C) groups is 1. The van der Waals surface area contributed by atoms with Crippen LogP contribution in [0.4, 0.5) is 11.4 Å². The van der Waals surface area contributed by atoms with E-state index in [1.165, 1.54) is 28.6 Å². The van der Waals surface area contributed by atoms with Crippen molar-refractivity contribution in [3.63, 3.8) is 0 Å². The van der Waals surface area contributed by atoms with E-state index >= 15 is 0 Å². The Morgan fingerprint density at radius 1 is 1.28 bits per heavy atom. The Hall–Kier alpha value is -2.73. The number of hydrogen-bond donors (Lipinski definition) is 1. The molecule has 0 aliphatic carbocycles. The minimum atomic E-state index is -0.108. The van der Waals surface area contributed by atoms with Crippen LogP contribution in [0.1, 0.15) is 56.7 Å². The number of fused-ring (bicyclic) bond motifs is 1. The number of amidine groups is 1. The molecule has 1 amide bonds. The summed E-state index contributed by atoms with van der Waals surface area (Å²) in [6.45, 7) is 12.3. The normalized spacial score (nSPS) is 22.2. The monoisotopic (exact) mass is 449 g/mol. The molecule has 4 rings (SSSR count). The molecule has 0 saturated carbocycles. The molecule has 32 heavy (non-hydrogen) atoms. The van der Waals surface area contributed by atoms with Crippen molar-refractivity contribution in [2.24, 2.45) is 4.99 Å². The third-order valence-corrected chi connectivity index (χ3v) is 7.24. The first kappa shape index (κ1) is 22.5. The maximum atomic E-state index is 12.6. The molecule has 5 nitrogen and oxygen atoms in total. The van der Waals surface area contributed by atoms with Gasteiger partial charge in [-0.05, 0) is 111 Å². The van der Waals surface area contributed by atoms with Crippen molar-refractivity contribution in [2.45, 2.75) is 52.5 Å². The molecule has 168 valence electrons. The zero-order valence-corrected chi connectivity index (χ0v) is 20.5. The van der Waals surface area contributed by atoms with Gasteiger partial charge in [0.2, 0.25) is 0 Å². The van der Waals surface area contributed by atoms with Crippen LogP contribution in [0.25, 0.3) is 6.08 Å². The number of benzene rings is 2. The molecule has 2 heterocycles. The summed E-state index contributed by atoms with van der Waals surface area (Å²) in [5.74, 6) is 1.14. The molecule has 2 aromatic rings. The van der Waals surface area contributed by atoms with Crippen molar-refractivity contribution >= 4 is 40.3 Å². The third kappa shape index (κ3) is 4.29. The predicted octanol–water partition coefficient (Wildman–Crippen LogP) is 6.01. The second kappa shape index (κ2) is 8.66. The van der Waals surface area contributed by atoms with Crippen LogP contribution in [0, 0.1) is 6.92 Å². The zero-order chi connectivity index (χ0) is 23.0. The molecular weight excluding hydrogens is 418 g/mol. The summed E-state index contributed by atoms with van der Waals surface area (Å²) in [4.78, 5) is 20.3. The van der Waals surface area contributed by atoms with Gasteiger partial charge in [0.15, 0.2) is 5.17 Å². The summed E-state index contributed by atoms with van der Waals surface area (Å²) in [6, 6.07) is 12.0. The molecule has 0 spiro atoms. The lowest BCUT2D eigenvalue weighted by Gasteiger charge is -2.47. The Morgan fingerprint density at radius 3 is 2.66 bits per heavy atom. The van der Waals surface area contributed by atoms with Gasteiger partial charge in [0.1, 0.15) is 5.75 Å². The summed E-state index contributed by atoms with van der Waals surface area (Å²) in [7, 11) is 1.63. The van der Waals surface area contributed by atoms with Crippen LogP contribution in [-0.2, 0) is 4.79 Å². The van der Waals surface area contributed by atoms with E-state index in [9.17, 15) is 4.79 Å². The van der Waals surface area contributed by atoms with Gasteiger partial charge in [-0.25, -0.2) is 4.99 Å². The van der Waals surface area contributed by atoms with Gasteiger partial charge in [-0.1, -0.05) is 6.92 Å². The van der Waals surface area contributed by atoms with Crippen LogP contribution in [0.5, 0.6) is 5.75 Å². The number of amides is 1. The summed E-state index contributed by atoms with van der Waals surface area (Å²) in [5.41, 5.74) is 5.86. The van der Waals surface area contributed by atoms with Crippen LogP contribution in [0.3, 0.4) is 0 Å². The molecule has 2 aliphatic heterocycles. The fraction of sp³-hybridized carbons (Fsp3) is 0.385. The van der Waals surface area contributed by atoms with Gasteiger partial charge in [-0.3, -0.25) is 4.79 Å². The number of rotatable bonds is 4. The average molecular weight is 450 g/mol. The molecule has 0 aromatic heterocycles. The maximum Gasteiger partial charge on any atom is 0.264 e. The smallest absolute Gasteiger partial charge is 0.264 e. The Morgan fingerprint density at radius 2 is 2.00 bits per heavy atom. The molecule has 2 aliphatic rings. The lowest BCUT2D eigenvalue weighted by Crippen LogP contribution is -2.48. The van der Waals surface area contributed by atoms with Gasteiger partial charge in [0.25, 0.3) is 5.91 Å². The minimum Gasteiger partial charge on any atom is -0.497 e. The quantitative estimate of drug-likeness (QED) is 0.581. The van der Waals surface area contributed by atoms with E-state index in [0.717, 1.165) is 30.0 Å². The Balaban J connectivity index is 1.63.